The Balaban J connectivity index is 1.48. The minimum absolute atomic E-state index is 0.117. The first kappa shape index (κ1) is 21.3. The molecule has 0 saturated carbocycles. The molecule has 0 aliphatic carbocycles. The first-order chi connectivity index (χ1) is 15.1. The third kappa shape index (κ3) is 5.39. The number of aromatic nitrogens is 1. The van der Waals surface area contributed by atoms with E-state index < -0.39 is 6.04 Å². The van der Waals surface area contributed by atoms with Crippen molar-refractivity contribution in [3.05, 3.63) is 59.1 Å². The molecule has 3 aromatic rings. The van der Waals surface area contributed by atoms with Crippen LogP contribution in [0.15, 0.2) is 48.0 Å². The monoisotopic (exact) mass is 437 g/mol. The van der Waals surface area contributed by atoms with Crippen molar-refractivity contribution in [1.82, 2.24) is 20.9 Å². The number of carbonyl (C=O) groups excluding carboxylic acids is 2. The zero-order valence-electron chi connectivity index (χ0n) is 17.3. The number of nitrogens with one attached hydrogen (secondary N) is 3. The summed E-state index contributed by atoms with van der Waals surface area (Å²) in [6.07, 6.45) is 4.96. The van der Waals surface area contributed by atoms with Crippen LogP contribution >= 0.6 is 11.3 Å². The highest BCUT2D eigenvalue weighted by Crippen LogP contribution is 2.26. The second kappa shape index (κ2) is 9.89. The number of nitrogen functional groups attached to an aromatic ring is 1. The number of fused-ring (bicyclic) bond motifs is 1. The van der Waals surface area contributed by atoms with Crippen LogP contribution in [0.5, 0.6) is 0 Å². The Morgan fingerprint density at radius 3 is 2.87 bits per heavy atom. The number of anilines is 1. The molecule has 2 atom stereocenters. The van der Waals surface area contributed by atoms with E-state index in [0.717, 1.165) is 42.3 Å². The quantitative estimate of drug-likeness (QED) is 0.454. The van der Waals surface area contributed by atoms with Gasteiger partial charge in [0.05, 0.1) is 6.04 Å². The molecule has 2 aromatic heterocycles. The van der Waals surface area contributed by atoms with Crippen molar-refractivity contribution in [1.29, 1.82) is 0 Å². The molecule has 3 heterocycles. The van der Waals surface area contributed by atoms with Crippen LogP contribution < -0.4 is 21.7 Å². The predicted octanol–water partition coefficient (Wildman–Crippen LogP) is 2.36. The molecule has 8 heteroatoms. The van der Waals surface area contributed by atoms with Gasteiger partial charge in [-0.2, -0.15) is 0 Å². The number of carbonyl (C=O) groups is 2. The van der Waals surface area contributed by atoms with Crippen LogP contribution in [0.1, 0.15) is 30.4 Å². The number of hydrogen-bond donors (Lipinski definition) is 4. The predicted molar refractivity (Wildman–Crippen MR) is 124 cm³/mol. The van der Waals surface area contributed by atoms with Crippen LogP contribution in [0.4, 0.5) is 5.82 Å². The Hall–Kier alpha value is -2.97. The number of nitrogens with zero attached hydrogens (tertiary/aromatic N) is 1. The molecule has 2 amide bonds. The summed E-state index contributed by atoms with van der Waals surface area (Å²) >= 11 is 1.65. The standard InChI is InChI=1S/C23H27N5O2S/c24-21-9-8-15(12-26-21)13-27-22(29)19(28-23(30)18-6-3-4-10-25-18)11-16-14-31-20-7-2-1-5-17(16)20/h1-2,5,7-9,12,14,18-19,25H,3-4,6,10-11,13H2,(H2,24,26)(H,27,29)(H,28,30)/t18-,19+/m0/s1. The molecule has 0 spiro atoms. The van der Waals surface area contributed by atoms with Gasteiger partial charge in [-0.1, -0.05) is 30.7 Å². The second-order valence-corrected chi connectivity index (χ2v) is 8.75. The summed E-state index contributed by atoms with van der Waals surface area (Å²) in [7, 11) is 0. The second-order valence-electron chi connectivity index (χ2n) is 7.83. The third-order valence-corrected chi connectivity index (χ3v) is 6.57. The van der Waals surface area contributed by atoms with E-state index in [-0.39, 0.29) is 17.9 Å². The van der Waals surface area contributed by atoms with Gasteiger partial charge in [0, 0.05) is 23.9 Å². The lowest BCUT2D eigenvalue weighted by atomic mass is 10.0. The molecular formula is C23H27N5O2S. The van der Waals surface area contributed by atoms with E-state index in [1.807, 2.05) is 18.2 Å². The Morgan fingerprint density at radius 1 is 1.23 bits per heavy atom. The maximum absolute atomic E-state index is 13.1. The number of benzene rings is 1. The minimum atomic E-state index is -0.657. The van der Waals surface area contributed by atoms with Gasteiger partial charge in [-0.15, -0.1) is 11.3 Å². The molecule has 0 unspecified atom stereocenters. The SMILES string of the molecule is Nc1ccc(CNC(=O)[C@@H](Cc2csc3ccccc23)NC(=O)[C@@H]2CCCCN2)cn1. The molecule has 31 heavy (non-hydrogen) atoms. The number of thiophene rings is 1. The van der Waals surface area contributed by atoms with Gasteiger partial charge in [-0.05, 0) is 53.4 Å². The van der Waals surface area contributed by atoms with Crippen molar-refractivity contribution in [3.8, 4) is 0 Å². The summed E-state index contributed by atoms with van der Waals surface area (Å²) in [4.78, 5) is 30.0. The number of amides is 2. The van der Waals surface area contributed by atoms with Gasteiger partial charge in [-0.25, -0.2) is 4.98 Å². The van der Waals surface area contributed by atoms with Crippen LogP contribution in [-0.2, 0) is 22.6 Å². The molecule has 4 rings (SSSR count). The van der Waals surface area contributed by atoms with E-state index in [1.54, 1.807) is 23.6 Å². The highest BCUT2D eigenvalue weighted by molar-refractivity contribution is 7.17. The molecule has 1 aliphatic rings. The average molecular weight is 438 g/mol. The van der Waals surface area contributed by atoms with Crippen LogP contribution in [-0.4, -0.2) is 35.4 Å². The number of hydrogen-bond acceptors (Lipinski definition) is 6. The largest absolute Gasteiger partial charge is 0.384 e. The zero-order valence-corrected chi connectivity index (χ0v) is 18.1. The summed E-state index contributed by atoms with van der Waals surface area (Å²) in [5, 5.41) is 12.4. The van der Waals surface area contributed by atoms with E-state index in [0.29, 0.717) is 18.8 Å². The Kier molecular flexibility index (Phi) is 6.79. The van der Waals surface area contributed by atoms with Gasteiger partial charge in [0.25, 0.3) is 0 Å². The fraction of sp³-hybridized carbons (Fsp3) is 0.348. The van der Waals surface area contributed by atoms with Crippen LogP contribution in [0, 0.1) is 0 Å². The summed E-state index contributed by atoms with van der Waals surface area (Å²) in [6, 6.07) is 10.7. The average Bonchev–Trinajstić information content (AvgIpc) is 3.21. The van der Waals surface area contributed by atoms with Crippen LogP contribution in [0.2, 0.25) is 0 Å². The number of piperidine rings is 1. The molecular weight excluding hydrogens is 410 g/mol. The summed E-state index contributed by atoms with van der Waals surface area (Å²) in [6.45, 7) is 1.15. The highest BCUT2D eigenvalue weighted by atomic mass is 32.1. The number of nitrogens with two attached hydrogens (primary N) is 1. The lowest BCUT2D eigenvalue weighted by molar-refractivity contribution is -0.130. The van der Waals surface area contributed by atoms with Crippen molar-refractivity contribution < 1.29 is 9.59 Å². The van der Waals surface area contributed by atoms with Crippen LogP contribution in [0.3, 0.4) is 0 Å². The van der Waals surface area contributed by atoms with E-state index in [1.165, 1.54) is 4.70 Å². The highest BCUT2D eigenvalue weighted by Gasteiger charge is 2.27. The van der Waals surface area contributed by atoms with E-state index in [4.69, 9.17) is 5.73 Å². The summed E-state index contributed by atoms with van der Waals surface area (Å²) in [5.74, 6) is 0.106. The van der Waals surface area contributed by atoms with E-state index >= 15 is 0 Å². The van der Waals surface area contributed by atoms with Gasteiger partial charge in [0.2, 0.25) is 11.8 Å². The Bertz CT molecular complexity index is 1040. The molecule has 7 nitrogen and oxygen atoms in total. The molecule has 162 valence electrons. The lowest BCUT2D eigenvalue weighted by Crippen LogP contribution is -2.54. The normalized spacial score (nSPS) is 17.2. The molecule has 1 aliphatic heterocycles. The third-order valence-electron chi connectivity index (χ3n) is 5.56. The minimum Gasteiger partial charge on any atom is -0.384 e. The van der Waals surface area contributed by atoms with Gasteiger partial charge in [-0.3, -0.25) is 9.59 Å². The topological polar surface area (TPSA) is 109 Å². The number of rotatable bonds is 7. The Labute approximate surface area is 185 Å². The van der Waals surface area contributed by atoms with Gasteiger partial charge < -0.3 is 21.7 Å². The lowest BCUT2D eigenvalue weighted by Gasteiger charge is -2.25. The molecule has 0 bridgehead atoms. The van der Waals surface area contributed by atoms with Crippen molar-refractivity contribution in [2.24, 2.45) is 0 Å². The molecule has 0 radical (unpaired) electrons. The number of pyridine rings is 1. The van der Waals surface area contributed by atoms with E-state index in [2.05, 4.69) is 38.4 Å². The van der Waals surface area contributed by atoms with Gasteiger partial charge in [0.15, 0.2) is 0 Å². The first-order valence-corrected chi connectivity index (χ1v) is 11.4. The van der Waals surface area contributed by atoms with Crippen molar-refractivity contribution in [3.63, 3.8) is 0 Å². The van der Waals surface area contributed by atoms with Crippen molar-refractivity contribution in [2.45, 2.75) is 44.3 Å². The van der Waals surface area contributed by atoms with Crippen molar-refractivity contribution in [2.75, 3.05) is 12.3 Å². The smallest absolute Gasteiger partial charge is 0.243 e. The molecule has 1 aromatic carbocycles. The van der Waals surface area contributed by atoms with Crippen molar-refractivity contribution >= 4 is 39.1 Å². The maximum Gasteiger partial charge on any atom is 0.243 e. The summed E-state index contributed by atoms with van der Waals surface area (Å²) < 4.78 is 1.17. The maximum atomic E-state index is 13.1. The molecule has 1 fully saturated rings. The summed E-state index contributed by atoms with van der Waals surface area (Å²) in [5.41, 5.74) is 7.54. The fourth-order valence-electron chi connectivity index (χ4n) is 3.82. The van der Waals surface area contributed by atoms with Gasteiger partial charge >= 0.3 is 0 Å². The first-order valence-electron chi connectivity index (χ1n) is 10.6. The zero-order chi connectivity index (χ0) is 21.6. The molecule has 1 saturated heterocycles. The van der Waals surface area contributed by atoms with Gasteiger partial charge in [0.1, 0.15) is 11.9 Å². The van der Waals surface area contributed by atoms with E-state index in [9.17, 15) is 9.59 Å². The molecule has 5 N–H and O–H groups in total. The van der Waals surface area contributed by atoms with Crippen LogP contribution in [0.25, 0.3) is 10.1 Å². The fourth-order valence-corrected chi connectivity index (χ4v) is 4.80. The Morgan fingerprint density at radius 2 is 2.10 bits per heavy atom.